The van der Waals surface area contributed by atoms with E-state index in [4.69, 9.17) is 16.3 Å². The van der Waals surface area contributed by atoms with E-state index in [1.165, 1.54) is 0 Å². The first-order valence-electron chi connectivity index (χ1n) is 6.41. The zero-order chi connectivity index (χ0) is 14.8. The van der Waals surface area contributed by atoms with E-state index in [-0.39, 0.29) is 0 Å². The van der Waals surface area contributed by atoms with Gasteiger partial charge in [0.05, 0.1) is 5.52 Å². The molecule has 0 fully saturated rings. The maximum absolute atomic E-state index is 9.26. The fourth-order valence-corrected chi connectivity index (χ4v) is 2.17. The maximum atomic E-state index is 9.26. The molecule has 0 radical (unpaired) electrons. The molecule has 0 bridgehead atoms. The predicted molar refractivity (Wildman–Crippen MR) is 82.7 cm³/mol. The molecule has 0 saturated heterocycles. The number of nitrogens with zero attached hydrogens (tertiary/aromatic N) is 2. The summed E-state index contributed by atoms with van der Waals surface area (Å²) in [6.07, 6.45) is 0. The summed E-state index contributed by atoms with van der Waals surface area (Å²) in [5.74, 6) is 0.911. The quantitative estimate of drug-likeness (QED) is 0.678. The summed E-state index contributed by atoms with van der Waals surface area (Å²) in [5.41, 5.74) is 2.10. The number of halogens is 1. The number of para-hydroxylation sites is 1. The molecule has 102 valence electrons. The smallest absolute Gasteiger partial charge is 0.237 e. The molecular formula is C17H11ClN2O. The van der Waals surface area contributed by atoms with Crippen molar-refractivity contribution in [3.05, 3.63) is 64.7 Å². The Kier molecular flexibility index (Phi) is 3.47. The molecule has 1 heterocycles. The number of nitriles is 1. The van der Waals surface area contributed by atoms with Gasteiger partial charge in [-0.1, -0.05) is 29.8 Å². The third-order valence-corrected chi connectivity index (χ3v) is 3.58. The first-order chi connectivity index (χ1) is 10.2. The van der Waals surface area contributed by atoms with Gasteiger partial charge in [0, 0.05) is 10.4 Å². The third kappa shape index (κ3) is 2.67. The van der Waals surface area contributed by atoms with Crippen LogP contribution in [0.1, 0.15) is 11.1 Å². The molecule has 0 aliphatic rings. The van der Waals surface area contributed by atoms with Gasteiger partial charge in [-0.15, -0.1) is 0 Å². The van der Waals surface area contributed by atoms with E-state index in [9.17, 15) is 5.26 Å². The first kappa shape index (κ1) is 13.4. The molecule has 1 aromatic heterocycles. The van der Waals surface area contributed by atoms with Crippen LogP contribution in [-0.2, 0) is 0 Å². The van der Waals surface area contributed by atoms with Gasteiger partial charge in [0.2, 0.25) is 5.88 Å². The van der Waals surface area contributed by atoms with Crippen LogP contribution in [0, 0.1) is 18.3 Å². The Labute approximate surface area is 127 Å². The zero-order valence-electron chi connectivity index (χ0n) is 11.3. The van der Waals surface area contributed by atoms with Gasteiger partial charge in [0.25, 0.3) is 0 Å². The zero-order valence-corrected chi connectivity index (χ0v) is 12.1. The Morgan fingerprint density at radius 2 is 1.95 bits per heavy atom. The first-order valence-corrected chi connectivity index (χ1v) is 6.79. The summed E-state index contributed by atoms with van der Waals surface area (Å²) in [5, 5.41) is 10.8. The van der Waals surface area contributed by atoms with Crippen molar-refractivity contribution in [3.8, 4) is 17.7 Å². The lowest BCUT2D eigenvalue weighted by Crippen LogP contribution is -1.93. The minimum Gasteiger partial charge on any atom is -0.438 e. The topological polar surface area (TPSA) is 45.9 Å². The molecule has 3 aromatic rings. The Hall–Kier alpha value is -2.57. The predicted octanol–water partition coefficient (Wildman–Crippen LogP) is 4.86. The van der Waals surface area contributed by atoms with Crippen LogP contribution < -0.4 is 4.74 Å². The minimum atomic E-state index is 0.304. The number of aryl methyl sites for hydroxylation is 1. The van der Waals surface area contributed by atoms with Crippen LogP contribution in [0.5, 0.6) is 11.6 Å². The summed E-state index contributed by atoms with van der Waals surface area (Å²) >= 11 is 6.00. The molecule has 0 aliphatic heterocycles. The molecule has 0 aliphatic carbocycles. The molecule has 3 rings (SSSR count). The molecule has 0 N–H and O–H groups in total. The fraction of sp³-hybridized carbons (Fsp3) is 0.0588. The highest BCUT2D eigenvalue weighted by Crippen LogP contribution is 2.28. The van der Waals surface area contributed by atoms with Crippen LogP contribution in [0.2, 0.25) is 5.02 Å². The minimum absolute atomic E-state index is 0.304. The van der Waals surface area contributed by atoms with Gasteiger partial charge in [-0.05, 0) is 42.8 Å². The monoisotopic (exact) mass is 294 g/mol. The summed E-state index contributed by atoms with van der Waals surface area (Å²) in [6, 6.07) is 16.9. The average Bonchev–Trinajstić information content (AvgIpc) is 2.50. The average molecular weight is 295 g/mol. The summed E-state index contributed by atoms with van der Waals surface area (Å²) in [4.78, 5) is 4.42. The van der Waals surface area contributed by atoms with Crippen LogP contribution in [0.4, 0.5) is 0 Å². The van der Waals surface area contributed by atoms with E-state index < -0.39 is 0 Å². The van der Waals surface area contributed by atoms with Gasteiger partial charge in [-0.2, -0.15) is 5.26 Å². The van der Waals surface area contributed by atoms with E-state index in [1.807, 2.05) is 37.3 Å². The van der Waals surface area contributed by atoms with E-state index >= 15 is 0 Å². The molecule has 0 amide bonds. The number of aromatic nitrogens is 1. The van der Waals surface area contributed by atoms with Crippen molar-refractivity contribution in [2.24, 2.45) is 0 Å². The van der Waals surface area contributed by atoms with E-state index in [1.54, 1.807) is 18.2 Å². The fourth-order valence-electron chi connectivity index (χ4n) is 2.05. The number of hydrogen-bond acceptors (Lipinski definition) is 3. The van der Waals surface area contributed by atoms with Gasteiger partial charge in [0.1, 0.15) is 17.4 Å². The highest BCUT2D eigenvalue weighted by molar-refractivity contribution is 6.31. The highest BCUT2D eigenvalue weighted by atomic mass is 35.5. The number of pyridine rings is 1. The Morgan fingerprint density at radius 1 is 1.14 bits per heavy atom. The Morgan fingerprint density at radius 3 is 2.71 bits per heavy atom. The lowest BCUT2D eigenvalue weighted by Gasteiger charge is -2.09. The summed E-state index contributed by atoms with van der Waals surface area (Å²) < 4.78 is 5.75. The van der Waals surface area contributed by atoms with Crippen molar-refractivity contribution in [1.29, 1.82) is 5.26 Å². The van der Waals surface area contributed by atoms with Gasteiger partial charge in [0.15, 0.2) is 0 Å². The normalized spacial score (nSPS) is 10.3. The van der Waals surface area contributed by atoms with Gasteiger partial charge in [-0.3, -0.25) is 0 Å². The third-order valence-electron chi connectivity index (χ3n) is 3.15. The van der Waals surface area contributed by atoms with Crippen molar-refractivity contribution in [1.82, 2.24) is 4.98 Å². The highest BCUT2D eigenvalue weighted by Gasteiger charge is 2.09. The van der Waals surface area contributed by atoms with Gasteiger partial charge >= 0.3 is 0 Å². The maximum Gasteiger partial charge on any atom is 0.237 e. The molecule has 2 aromatic carbocycles. The second kappa shape index (κ2) is 5.43. The van der Waals surface area contributed by atoms with Crippen molar-refractivity contribution in [3.63, 3.8) is 0 Å². The Balaban J connectivity index is 2.06. The van der Waals surface area contributed by atoms with Gasteiger partial charge < -0.3 is 4.74 Å². The Bertz CT molecular complexity index is 868. The largest absolute Gasteiger partial charge is 0.438 e. The lowest BCUT2D eigenvalue weighted by molar-refractivity contribution is 0.463. The second-order valence-corrected chi connectivity index (χ2v) is 5.07. The van der Waals surface area contributed by atoms with Crippen molar-refractivity contribution in [2.75, 3.05) is 0 Å². The number of ether oxygens (including phenoxy) is 1. The SMILES string of the molecule is Cc1cc(Oc2nc3ccccc3cc2C#N)ccc1Cl. The van der Waals surface area contributed by atoms with Crippen LogP contribution in [0.3, 0.4) is 0 Å². The molecule has 3 nitrogen and oxygen atoms in total. The molecule has 4 heteroatoms. The number of hydrogen-bond donors (Lipinski definition) is 0. The van der Waals surface area contributed by atoms with E-state index in [2.05, 4.69) is 11.1 Å². The van der Waals surface area contributed by atoms with Crippen molar-refractivity contribution >= 4 is 22.5 Å². The molecule has 0 atom stereocenters. The van der Waals surface area contributed by atoms with Crippen molar-refractivity contribution < 1.29 is 4.74 Å². The second-order valence-electron chi connectivity index (χ2n) is 4.66. The molecule has 21 heavy (non-hydrogen) atoms. The van der Waals surface area contributed by atoms with Crippen molar-refractivity contribution in [2.45, 2.75) is 6.92 Å². The molecule has 0 spiro atoms. The van der Waals surface area contributed by atoms with E-state index in [0.717, 1.165) is 16.5 Å². The van der Waals surface area contributed by atoms with Crippen LogP contribution >= 0.6 is 11.6 Å². The van der Waals surface area contributed by atoms with Crippen LogP contribution in [-0.4, -0.2) is 4.98 Å². The summed E-state index contributed by atoms with van der Waals surface area (Å²) in [7, 11) is 0. The molecular weight excluding hydrogens is 284 g/mol. The van der Waals surface area contributed by atoms with Gasteiger partial charge in [-0.25, -0.2) is 4.98 Å². The number of fused-ring (bicyclic) bond motifs is 1. The molecule has 0 saturated carbocycles. The van der Waals surface area contributed by atoms with E-state index in [0.29, 0.717) is 22.2 Å². The lowest BCUT2D eigenvalue weighted by atomic mass is 10.1. The van der Waals surface area contributed by atoms with Crippen LogP contribution in [0.15, 0.2) is 48.5 Å². The van der Waals surface area contributed by atoms with Crippen LogP contribution in [0.25, 0.3) is 10.9 Å². The number of benzene rings is 2. The standard InChI is InChI=1S/C17H11ClN2O/c1-11-8-14(6-7-15(11)18)21-17-13(10-19)9-12-4-2-3-5-16(12)20-17/h2-9H,1H3. The number of rotatable bonds is 2. The molecule has 0 unspecified atom stereocenters. The summed E-state index contributed by atoms with van der Waals surface area (Å²) in [6.45, 7) is 1.90.